The molecule has 0 amide bonds. The molecule has 0 bridgehead atoms. The van der Waals surface area contributed by atoms with Crippen LogP contribution in [-0.2, 0) is 0 Å². The number of nitrogen functional groups attached to an aromatic ring is 1. The van der Waals surface area contributed by atoms with Crippen molar-refractivity contribution in [1.29, 1.82) is 0 Å². The molecule has 96 valence electrons. The zero-order chi connectivity index (χ0) is 13.4. The third-order valence-corrected chi connectivity index (χ3v) is 3.88. The first-order chi connectivity index (χ1) is 9.13. The maximum atomic E-state index is 13.7. The molecule has 3 nitrogen and oxygen atoms in total. The van der Waals surface area contributed by atoms with Gasteiger partial charge in [-0.15, -0.1) is 24.0 Å². The second kappa shape index (κ2) is 4.71. The number of pyridine rings is 1. The third kappa shape index (κ3) is 2.36. The Balaban J connectivity index is 2.05. The number of nitrogens with zero attached hydrogens (tertiary/aromatic N) is 1. The molecule has 6 heteroatoms. The van der Waals surface area contributed by atoms with E-state index in [0.29, 0.717) is 11.4 Å². The number of hydrogen-bond acceptors (Lipinski definition) is 5. The van der Waals surface area contributed by atoms with Gasteiger partial charge in [0, 0.05) is 24.0 Å². The summed E-state index contributed by atoms with van der Waals surface area (Å²) >= 11 is 5.72. The largest absolute Gasteiger partial charge is 0.453 e. The molecule has 19 heavy (non-hydrogen) atoms. The number of ether oxygens (including phenoxy) is 1. The number of aromatic nitrogens is 1. The summed E-state index contributed by atoms with van der Waals surface area (Å²) in [6.07, 6.45) is 1.62. The van der Waals surface area contributed by atoms with Crippen molar-refractivity contribution in [2.24, 2.45) is 0 Å². The Morgan fingerprint density at radius 3 is 2.84 bits per heavy atom. The Morgan fingerprint density at radius 1 is 1.21 bits per heavy atom. The maximum Gasteiger partial charge on any atom is 0.167 e. The van der Waals surface area contributed by atoms with Crippen molar-refractivity contribution >= 4 is 39.9 Å². The minimum atomic E-state index is -0.493. The van der Waals surface area contributed by atoms with E-state index in [-0.39, 0.29) is 5.75 Å². The molecule has 0 aliphatic heterocycles. The number of fused-ring (bicyclic) bond motifs is 1. The molecule has 0 saturated carbocycles. The standard InChI is InChI=1S/C13H9FN2OS2/c14-8-5-7(15)1-2-10(8)17-11-3-4-16-9-6-12(18)19-13(9)11/h1-6,18H,15H2. The van der Waals surface area contributed by atoms with Gasteiger partial charge in [-0.1, -0.05) is 0 Å². The van der Waals surface area contributed by atoms with Crippen LogP contribution in [0.3, 0.4) is 0 Å². The molecule has 0 aliphatic carbocycles. The highest BCUT2D eigenvalue weighted by atomic mass is 32.2. The number of benzene rings is 1. The van der Waals surface area contributed by atoms with E-state index in [2.05, 4.69) is 17.6 Å². The highest BCUT2D eigenvalue weighted by Gasteiger charge is 2.10. The van der Waals surface area contributed by atoms with Gasteiger partial charge in [0.2, 0.25) is 0 Å². The van der Waals surface area contributed by atoms with Gasteiger partial charge in [0.15, 0.2) is 11.6 Å². The molecule has 0 unspecified atom stereocenters. The highest BCUT2D eigenvalue weighted by molar-refractivity contribution is 7.83. The maximum absolute atomic E-state index is 13.7. The number of thiophene rings is 1. The first-order valence-electron chi connectivity index (χ1n) is 5.44. The fourth-order valence-corrected chi connectivity index (χ4v) is 2.90. The van der Waals surface area contributed by atoms with E-state index in [9.17, 15) is 4.39 Å². The van der Waals surface area contributed by atoms with Crippen LogP contribution in [0.15, 0.2) is 40.7 Å². The van der Waals surface area contributed by atoms with Crippen molar-refractivity contribution in [3.8, 4) is 11.5 Å². The summed E-state index contributed by atoms with van der Waals surface area (Å²) in [5, 5.41) is 0. The molecule has 2 aromatic heterocycles. The summed E-state index contributed by atoms with van der Waals surface area (Å²) in [5.41, 5.74) is 6.64. The minimum Gasteiger partial charge on any atom is -0.453 e. The Labute approximate surface area is 118 Å². The first kappa shape index (κ1) is 12.3. The SMILES string of the molecule is Nc1ccc(Oc2ccnc3cc(S)sc23)c(F)c1. The van der Waals surface area contributed by atoms with Gasteiger partial charge in [-0.3, -0.25) is 4.98 Å². The van der Waals surface area contributed by atoms with Crippen LogP contribution in [0.1, 0.15) is 0 Å². The zero-order valence-electron chi connectivity index (χ0n) is 9.63. The van der Waals surface area contributed by atoms with Gasteiger partial charge >= 0.3 is 0 Å². The van der Waals surface area contributed by atoms with Crippen LogP contribution in [0.4, 0.5) is 10.1 Å². The third-order valence-electron chi connectivity index (χ3n) is 2.54. The van der Waals surface area contributed by atoms with Crippen LogP contribution in [0.25, 0.3) is 10.2 Å². The number of anilines is 1. The van der Waals surface area contributed by atoms with Crippen molar-refractivity contribution in [2.45, 2.75) is 4.21 Å². The van der Waals surface area contributed by atoms with Crippen LogP contribution in [-0.4, -0.2) is 4.98 Å². The molecule has 0 atom stereocenters. The van der Waals surface area contributed by atoms with E-state index in [1.807, 2.05) is 6.07 Å². The lowest BCUT2D eigenvalue weighted by molar-refractivity contribution is 0.447. The fraction of sp³-hybridized carbons (Fsp3) is 0. The Morgan fingerprint density at radius 2 is 2.05 bits per heavy atom. The van der Waals surface area contributed by atoms with Crippen molar-refractivity contribution in [3.05, 3.63) is 42.3 Å². The van der Waals surface area contributed by atoms with Gasteiger partial charge in [0.25, 0.3) is 0 Å². The van der Waals surface area contributed by atoms with Crippen molar-refractivity contribution in [1.82, 2.24) is 4.98 Å². The van der Waals surface area contributed by atoms with E-state index in [4.69, 9.17) is 10.5 Å². The van der Waals surface area contributed by atoms with E-state index in [0.717, 1.165) is 14.4 Å². The molecule has 3 rings (SSSR count). The quantitative estimate of drug-likeness (QED) is 0.552. The predicted molar refractivity (Wildman–Crippen MR) is 77.8 cm³/mol. The van der Waals surface area contributed by atoms with Crippen LogP contribution in [0.5, 0.6) is 11.5 Å². The number of rotatable bonds is 2. The molecule has 2 N–H and O–H groups in total. The van der Waals surface area contributed by atoms with Crippen LogP contribution < -0.4 is 10.5 Å². The summed E-state index contributed by atoms with van der Waals surface area (Å²) in [4.78, 5) is 4.21. The average molecular weight is 292 g/mol. The van der Waals surface area contributed by atoms with Gasteiger partial charge in [0.05, 0.1) is 14.4 Å². The zero-order valence-corrected chi connectivity index (χ0v) is 11.3. The predicted octanol–water partition coefficient (Wildman–Crippen LogP) is 4.10. The van der Waals surface area contributed by atoms with Gasteiger partial charge in [-0.25, -0.2) is 4.39 Å². The molecular weight excluding hydrogens is 283 g/mol. The van der Waals surface area contributed by atoms with Crippen molar-refractivity contribution in [2.75, 3.05) is 5.73 Å². The lowest BCUT2D eigenvalue weighted by Gasteiger charge is -2.07. The summed E-state index contributed by atoms with van der Waals surface area (Å²) in [6.45, 7) is 0. The molecule has 1 aromatic carbocycles. The number of halogens is 1. The van der Waals surface area contributed by atoms with Crippen LogP contribution in [0, 0.1) is 5.82 Å². The normalized spacial score (nSPS) is 10.8. The van der Waals surface area contributed by atoms with Crippen molar-refractivity contribution < 1.29 is 9.13 Å². The molecular formula is C13H9FN2OS2. The van der Waals surface area contributed by atoms with E-state index < -0.39 is 5.82 Å². The lowest BCUT2D eigenvalue weighted by atomic mass is 10.3. The second-order valence-electron chi connectivity index (χ2n) is 3.90. The Hall–Kier alpha value is -1.79. The molecule has 0 fully saturated rings. The summed E-state index contributed by atoms with van der Waals surface area (Å²) in [6, 6.07) is 7.87. The summed E-state index contributed by atoms with van der Waals surface area (Å²) in [5.74, 6) is 0.197. The number of nitrogens with two attached hydrogens (primary N) is 1. The molecule has 3 aromatic rings. The van der Waals surface area contributed by atoms with Gasteiger partial charge in [-0.2, -0.15) is 0 Å². The molecule has 0 radical (unpaired) electrons. The topological polar surface area (TPSA) is 48.1 Å². The minimum absolute atomic E-state index is 0.135. The van der Waals surface area contributed by atoms with E-state index >= 15 is 0 Å². The Kier molecular flexibility index (Phi) is 3.04. The lowest BCUT2D eigenvalue weighted by Crippen LogP contribution is -1.91. The van der Waals surface area contributed by atoms with Gasteiger partial charge < -0.3 is 10.5 Å². The molecule has 0 saturated heterocycles. The van der Waals surface area contributed by atoms with Crippen LogP contribution in [0.2, 0.25) is 0 Å². The van der Waals surface area contributed by atoms with E-state index in [1.54, 1.807) is 18.3 Å². The number of hydrogen-bond donors (Lipinski definition) is 2. The monoisotopic (exact) mass is 292 g/mol. The molecule has 2 heterocycles. The van der Waals surface area contributed by atoms with E-state index in [1.165, 1.54) is 23.5 Å². The van der Waals surface area contributed by atoms with Crippen LogP contribution >= 0.6 is 24.0 Å². The molecule has 0 spiro atoms. The Bertz CT molecular complexity index is 757. The van der Waals surface area contributed by atoms with Crippen molar-refractivity contribution in [3.63, 3.8) is 0 Å². The van der Waals surface area contributed by atoms with Gasteiger partial charge in [0.1, 0.15) is 5.75 Å². The van der Waals surface area contributed by atoms with Gasteiger partial charge in [-0.05, 0) is 18.2 Å². The second-order valence-corrected chi connectivity index (χ2v) is 5.74. The molecule has 0 aliphatic rings. The smallest absolute Gasteiger partial charge is 0.167 e. The summed E-state index contributed by atoms with van der Waals surface area (Å²) in [7, 11) is 0. The average Bonchev–Trinajstić information content (AvgIpc) is 2.74. The fourth-order valence-electron chi connectivity index (χ4n) is 1.70. The summed E-state index contributed by atoms with van der Waals surface area (Å²) < 4.78 is 21.0. The first-order valence-corrected chi connectivity index (χ1v) is 6.70. The highest BCUT2D eigenvalue weighted by Crippen LogP contribution is 2.36. The number of thiol groups is 1.